The Morgan fingerprint density at radius 3 is 2.46 bits per heavy atom. The summed E-state index contributed by atoms with van der Waals surface area (Å²) < 4.78 is 12.9. The molecule has 0 spiro atoms. The highest BCUT2D eigenvalue weighted by molar-refractivity contribution is 6.21. The number of ether oxygens (including phenoxy) is 2. The first kappa shape index (κ1) is 24.0. The lowest BCUT2D eigenvalue weighted by atomic mass is 9.86. The van der Waals surface area contributed by atoms with Crippen LogP contribution in [0.2, 0.25) is 0 Å². The molecular weight excluding hydrogens is 526 g/mol. The molecule has 8 rings (SSSR count). The number of amides is 2. The summed E-state index contributed by atoms with van der Waals surface area (Å²) in [5.41, 5.74) is 3.53. The van der Waals surface area contributed by atoms with Gasteiger partial charge >= 0.3 is 5.97 Å². The van der Waals surface area contributed by atoms with Gasteiger partial charge in [0.15, 0.2) is 5.60 Å². The van der Waals surface area contributed by atoms with Crippen LogP contribution in [0, 0.1) is 0 Å². The van der Waals surface area contributed by atoms with Crippen LogP contribution in [0.5, 0.6) is 5.75 Å². The van der Waals surface area contributed by atoms with E-state index < -0.39 is 11.6 Å². The number of hydrogen-bond acceptors (Lipinski definition) is 8. The van der Waals surface area contributed by atoms with Crippen molar-refractivity contribution in [2.24, 2.45) is 0 Å². The fraction of sp³-hybridized carbons (Fsp3) is 0.258. The molecular formula is C31H23N3O7. The van der Waals surface area contributed by atoms with Gasteiger partial charge in [-0.05, 0) is 36.2 Å². The maximum atomic E-state index is 13.6. The Kier molecular flexibility index (Phi) is 4.75. The summed E-state index contributed by atoms with van der Waals surface area (Å²) in [7, 11) is 0. The Morgan fingerprint density at radius 2 is 1.73 bits per heavy atom. The van der Waals surface area contributed by atoms with Crippen LogP contribution in [0.15, 0.2) is 47.3 Å². The van der Waals surface area contributed by atoms with Crippen molar-refractivity contribution in [1.29, 1.82) is 0 Å². The summed E-state index contributed by atoms with van der Waals surface area (Å²) in [6, 6.07) is 12.1. The van der Waals surface area contributed by atoms with Crippen molar-refractivity contribution in [1.82, 2.24) is 14.5 Å². The predicted molar refractivity (Wildman–Crippen MR) is 144 cm³/mol. The van der Waals surface area contributed by atoms with E-state index >= 15 is 0 Å². The standard InChI is InChI=1S/C31H23N3O7/c1-2-31(39)21-11-23-25-19(13-33(23)29(37)20(21)14-41-30(31)38)16-9-10-40-26-15(7-8-22(32-25)24(16)26)12-34-27(35)17-5-3-4-6-18(17)28(34)36/h3-8,11,39H,2,9-10,12-14H2,1H3. The molecule has 0 radical (unpaired) electrons. The molecule has 0 bridgehead atoms. The molecule has 6 heterocycles. The zero-order valence-corrected chi connectivity index (χ0v) is 22.0. The molecule has 10 heteroatoms. The molecule has 10 nitrogen and oxygen atoms in total. The van der Waals surface area contributed by atoms with Gasteiger partial charge in [0, 0.05) is 28.5 Å². The van der Waals surface area contributed by atoms with Gasteiger partial charge in [-0.3, -0.25) is 19.3 Å². The lowest BCUT2D eigenvalue weighted by molar-refractivity contribution is -0.172. The molecule has 0 fully saturated rings. The predicted octanol–water partition coefficient (Wildman–Crippen LogP) is 2.81. The molecule has 0 saturated heterocycles. The number of rotatable bonds is 3. The second kappa shape index (κ2) is 8.11. The first-order valence-corrected chi connectivity index (χ1v) is 13.5. The summed E-state index contributed by atoms with van der Waals surface area (Å²) in [5.74, 6) is -0.856. The number of carbonyl (C=O) groups is 3. The highest BCUT2D eigenvalue weighted by Gasteiger charge is 2.45. The van der Waals surface area contributed by atoms with Crippen LogP contribution in [-0.4, -0.2) is 43.9 Å². The monoisotopic (exact) mass is 549 g/mol. The Balaban J connectivity index is 1.26. The first-order valence-electron chi connectivity index (χ1n) is 13.5. The van der Waals surface area contributed by atoms with E-state index in [0.717, 1.165) is 16.5 Å². The fourth-order valence-corrected chi connectivity index (χ4v) is 6.65. The highest BCUT2D eigenvalue weighted by atomic mass is 16.6. The topological polar surface area (TPSA) is 128 Å². The van der Waals surface area contributed by atoms with E-state index in [9.17, 15) is 24.3 Å². The van der Waals surface area contributed by atoms with E-state index in [4.69, 9.17) is 14.5 Å². The third-order valence-electron chi connectivity index (χ3n) is 8.81. The van der Waals surface area contributed by atoms with Crippen LogP contribution in [0.1, 0.15) is 61.9 Å². The minimum atomic E-state index is -1.89. The molecule has 2 aromatic heterocycles. The number of pyridine rings is 2. The van der Waals surface area contributed by atoms with Gasteiger partial charge in [0.2, 0.25) is 0 Å². The number of hydrogen-bond donors (Lipinski definition) is 1. The van der Waals surface area contributed by atoms with Crippen LogP contribution in [0.4, 0.5) is 0 Å². The van der Waals surface area contributed by atoms with Crippen molar-refractivity contribution in [2.45, 2.75) is 45.1 Å². The first-order chi connectivity index (χ1) is 19.8. The molecule has 4 aliphatic heterocycles. The number of imide groups is 1. The Morgan fingerprint density at radius 1 is 0.976 bits per heavy atom. The maximum Gasteiger partial charge on any atom is 0.343 e. The number of aliphatic hydroxyl groups is 1. The molecule has 4 aromatic rings. The van der Waals surface area contributed by atoms with Crippen molar-refractivity contribution in [3.05, 3.63) is 91.8 Å². The van der Waals surface area contributed by atoms with Crippen LogP contribution in [-0.2, 0) is 41.2 Å². The number of aromatic nitrogens is 2. The number of fused-ring (bicyclic) bond motifs is 6. The van der Waals surface area contributed by atoms with Crippen LogP contribution >= 0.6 is 0 Å². The molecule has 0 saturated carbocycles. The molecule has 4 aliphatic rings. The zero-order chi connectivity index (χ0) is 28.2. The lowest BCUT2D eigenvalue weighted by Gasteiger charge is -2.31. The maximum absolute atomic E-state index is 13.6. The van der Waals surface area contributed by atoms with Crippen molar-refractivity contribution in [2.75, 3.05) is 6.61 Å². The van der Waals surface area contributed by atoms with Gasteiger partial charge in [0.25, 0.3) is 17.4 Å². The summed E-state index contributed by atoms with van der Waals surface area (Å²) in [4.78, 5) is 58.3. The third-order valence-corrected chi connectivity index (χ3v) is 8.81. The van der Waals surface area contributed by atoms with Crippen molar-refractivity contribution in [3.63, 3.8) is 0 Å². The van der Waals surface area contributed by atoms with E-state index in [0.29, 0.717) is 52.4 Å². The summed E-state index contributed by atoms with van der Waals surface area (Å²) in [6.07, 6.45) is 0.662. The van der Waals surface area contributed by atoms with Gasteiger partial charge < -0.3 is 19.1 Å². The van der Waals surface area contributed by atoms with Gasteiger partial charge in [-0.1, -0.05) is 25.1 Å². The van der Waals surface area contributed by atoms with Crippen LogP contribution in [0.3, 0.4) is 0 Å². The van der Waals surface area contributed by atoms with Crippen LogP contribution < -0.4 is 10.3 Å². The van der Waals surface area contributed by atoms with E-state index in [2.05, 4.69) is 0 Å². The molecule has 0 aliphatic carbocycles. The van der Waals surface area contributed by atoms with Crippen molar-refractivity contribution in [3.8, 4) is 17.1 Å². The third kappa shape index (κ3) is 3.02. The molecule has 2 amide bonds. The quantitative estimate of drug-likeness (QED) is 0.269. The smallest absolute Gasteiger partial charge is 0.343 e. The number of esters is 1. The number of cyclic esters (lactones) is 1. The zero-order valence-electron chi connectivity index (χ0n) is 22.0. The minimum Gasteiger partial charge on any atom is -0.492 e. The second-order valence-electron chi connectivity index (χ2n) is 10.8. The van der Waals surface area contributed by atoms with Gasteiger partial charge in [0.1, 0.15) is 12.4 Å². The van der Waals surface area contributed by atoms with E-state index in [1.165, 1.54) is 4.90 Å². The Bertz CT molecular complexity index is 1940. The average Bonchev–Trinajstić information content (AvgIpc) is 3.48. The highest BCUT2D eigenvalue weighted by Crippen LogP contribution is 2.44. The number of nitrogens with zero attached hydrogens (tertiary/aromatic N) is 3. The van der Waals surface area contributed by atoms with Crippen molar-refractivity contribution < 1.29 is 29.0 Å². The van der Waals surface area contributed by atoms with Crippen molar-refractivity contribution >= 4 is 28.7 Å². The molecule has 1 unspecified atom stereocenters. The van der Waals surface area contributed by atoms with Gasteiger partial charge in [-0.15, -0.1) is 0 Å². The molecule has 1 atom stereocenters. The normalized spacial score (nSPS) is 20.0. The van der Waals surface area contributed by atoms with Crippen LogP contribution in [0.25, 0.3) is 22.3 Å². The average molecular weight is 550 g/mol. The van der Waals surface area contributed by atoms with E-state index in [1.807, 2.05) is 12.1 Å². The summed E-state index contributed by atoms with van der Waals surface area (Å²) >= 11 is 0. The SMILES string of the molecule is CCC1(O)C(=O)OCc2c1cc1n(c2=O)Cc2c-1nc1ccc(CN3C(=O)c4ccccc4C3=O)c3c1c2CCO3. The largest absolute Gasteiger partial charge is 0.492 e. The Labute approximate surface area is 232 Å². The minimum absolute atomic E-state index is 0.0597. The molecule has 2 aromatic carbocycles. The lowest BCUT2D eigenvalue weighted by Crippen LogP contribution is -2.44. The second-order valence-corrected chi connectivity index (χ2v) is 10.8. The van der Waals surface area contributed by atoms with E-state index in [1.54, 1.807) is 41.8 Å². The number of benzene rings is 2. The molecule has 1 N–H and O–H groups in total. The van der Waals surface area contributed by atoms with Gasteiger partial charge in [-0.25, -0.2) is 9.78 Å². The molecule has 204 valence electrons. The summed E-state index contributed by atoms with van der Waals surface area (Å²) in [5, 5.41) is 12.0. The molecule has 41 heavy (non-hydrogen) atoms. The van der Waals surface area contributed by atoms with Gasteiger partial charge in [0.05, 0.1) is 53.3 Å². The Hall–Kier alpha value is -4.83. The van der Waals surface area contributed by atoms with E-state index in [-0.39, 0.29) is 54.6 Å². The fourth-order valence-electron chi connectivity index (χ4n) is 6.65. The summed E-state index contributed by atoms with van der Waals surface area (Å²) in [6.45, 7) is 2.22. The van der Waals surface area contributed by atoms with Gasteiger partial charge in [-0.2, -0.15) is 0 Å². The number of carbonyl (C=O) groups excluding carboxylic acids is 3.